The van der Waals surface area contributed by atoms with E-state index in [0.29, 0.717) is 28.9 Å². The van der Waals surface area contributed by atoms with Crippen molar-refractivity contribution in [3.05, 3.63) is 75.8 Å². The molecule has 1 saturated heterocycles. The predicted octanol–water partition coefficient (Wildman–Crippen LogP) is 1.67. The number of ether oxygens (including phenoxy) is 2. The molecule has 12 heteroatoms. The first-order chi connectivity index (χ1) is 16.3. The van der Waals surface area contributed by atoms with E-state index in [1.165, 1.54) is 6.33 Å². The van der Waals surface area contributed by atoms with Crippen LogP contribution >= 0.6 is 23.2 Å². The molecule has 2 aromatic carbocycles. The second-order valence-corrected chi connectivity index (χ2v) is 8.63. The zero-order valence-corrected chi connectivity index (χ0v) is 19.4. The molecule has 180 valence electrons. The van der Waals surface area contributed by atoms with E-state index in [0.717, 1.165) is 15.8 Å². The van der Waals surface area contributed by atoms with E-state index in [2.05, 4.69) is 15.4 Å². The van der Waals surface area contributed by atoms with Gasteiger partial charge in [0.25, 0.3) is 5.91 Å². The molecule has 1 fully saturated rings. The molecule has 34 heavy (non-hydrogen) atoms. The minimum atomic E-state index is -1.27. The van der Waals surface area contributed by atoms with Crippen LogP contribution in [0.4, 0.5) is 0 Å². The maximum atomic E-state index is 11.2. The summed E-state index contributed by atoms with van der Waals surface area (Å²) in [5.74, 6) is -0.362. The predicted molar refractivity (Wildman–Crippen MR) is 123 cm³/mol. The Bertz CT molecular complexity index is 1140. The van der Waals surface area contributed by atoms with Gasteiger partial charge in [-0.1, -0.05) is 35.3 Å². The number of rotatable bonds is 9. The Morgan fingerprint density at radius 2 is 1.88 bits per heavy atom. The molecule has 0 radical (unpaired) electrons. The van der Waals surface area contributed by atoms with Crippen molar-refractivity contribution >= 4 is 29.1 Å². The van der Waals surface area contributed by atoms with Crippen LogP contribution in [0.2, 0.25) is 10.0 Å². The van der Waals surface area contributed by atoms with Gasteiger partial charge in [0.2, 0.25) is 5.82 Å². The summed E-state index contributed by atoms with van der Waals surface area (Å²) >= 11 is 12.1. The normalized spacial score (nSPS) is 22.1. The molecule has 1 aliphatic heterocycles. The zero-order valence-electron chi connectivity index (χ0n) is 17.8. The molecule has 0 spiro atoms. The van der Waals surface area contributed by atoms with Crippen molar-refractivity contribution in [1.29, 1.82) is 0 Å². The molecule has 1 aromatic heterocycles. The van der Waals surface area contributed by atoms with Gasteiger partial charge in [-0.15, -0.1) is 5.10 Å². The molecule has 0 aliphatic carbocycles. The molecule has 5 N–H and O–H groups in total. The van der Waals surface area contributed by atoms with Crippen LogP contribution in [-0.4, -0.2) is 55.7 Å². The third-order valence-corrected chi connectivity index (χ3v) is 5.81. The van der Waals surface area contributed by atoms with Gasteiger partial charge >= 0.3 is 0 Å². The lowest BCUT2D eigenvalue weighted by Gasteiger charge is -2.17. The number of hydrogen-bond acceptors (Lipinski definition) is 8. The third kappa shape index (κ3) is 5.66. The van der Waals surface area contributed by atoms with E-state index in [4.69, 9.17) is 38.4 Å². The lowest BCUT2D eigenvalue weighted by molar-refractivity contribution is -0.0439. The molecule has 3 aromatic rings. The highest BCUT2D eigenvalue weighted by Gasteiger charge is 2.44. The first-order valence-corrected chi connectivity index (χ1v) is 11.2. The summed E-state index contributed by atoms with van der Waals surface area (Å²) in [6, 6.07) is 12.7. The lowest BCUT2D eigenvalue weighted by Crippen LogP contribution is -2.37. The van der Waals surface area contributed by atoms with Crippen molar-refractivity contribution in [2.24, 2.45) is 5.73 Å². The second kappa shape index (κ2) is 10.7. The van der Waals surface area contributed by atoms with Gasteiger partial charge in [-0.05, 0) is 35.9 Å². The quantitative estimate of drug-likeness (QED) is 0.342. The fourth-order valence-corrected chi connectivity index (χ4v) is 3.87. The maximum absolute atomic E-state index is 11.2. The van der Waals surface area contributed by atoms with Gasteiger partial charge < -0.3 is 30.7 Å². The average molecular weight is 508 g/mol. The largest absolute Gasteiger partial charge is 0.489 e. The van der Waals surface area contributed by atoms with Crippen LogP contribution in [0.25, 0.3) is 0 Å². The highest BCUT2D eigenvalue weighted by molar-refractivity contribution is 6.30. The zero-order chi connectivity index (χ0) is 24.2. The Balaban J connectivity index is 1.35. The number of nitrogens with two attached hydrogens (primary N) is 1. The van der Waals surface area contributed by atoms with E-state index in [-0.39, 0.29) is 12.4 Å². The van der Waals surface area contributed by atoms with Crippen LogP contribution < -0.4 is 15.8 Å². The van der Waals surface area contributed by atoms with Gasteiger partial charge in [0.15, 0.2) is 6.23 Å². The van der Waals surface area contributed by atoms with Crippen molar-refractivity contribution in [3.8, 4) is 5.75 Å². The van der Waals surface area contributed by atoms with Crippen molar-refractivity contribution in [2.45, 2.75) is 37.7 Å². The molecule has 4 rings (SSSR count). The highest BCUT2D eigenvalue weighted by atomic mass is 35.5. The Kier molecular flexibility index (Phi) is 7.67. The molecule has 0 unspecified atom stereocenters. The van der Waals surface area contributed by atoms with Gasteiger partial charge in [0.05, 0.1) is 0 Å². The van der Waals surface area contributed by atoms with Crippen molar-refractivity contribution in [3.63, 3.8) is 0 Å². The van der Waals surface area contributed by atoms with E-state index in [1.807, 2.05) is 12.1 Å². The van der Waals surface area contributed by atoms with Crippen LogP contribution in [0.3, 0.4) is 0 Å². The maximum Gasteiger partial charge on any atom is 0.288 e. The average Bonchev–Trinajstić information content (AvgIpc) is 3.41. The van der Waals surface area contributed by atoms with E-state index < -0.39 is 30.4 Å². The van der Waals surface area contributed by atoms with Crippen molar-refractivity contribution < 1.29 is 24.5 Å². The SMILES string of the molecule is NC(=O)c1ncn([C@@H]2O[C@H](CNCc3cc(Cl)ccc3OCc3ccc(Cl)cc3)[C@@H](O)[C@H]2O)n1. The molecule has 1 amide bonds. The van der Waals surface area contributed by atoms with E-state index >= 15 is 0 Å². The number of aromatic nitrogens is 3. The fraction of sp³-hybridized carbons (Fsp3) is 0.318. The molecule has 1 aliphatic rings. The van der Waals surface area contributed by atoms with Gasteiger partial charge in [-0.3, -0.25) is 4.79 Å². The number of nitrogens with zero attached hydrogens (tertiary/aromatic N) is 3. The minimum absolute atomic E-state index is 0.209. The number of hydrogen-bond donors (Lipinski definition) is 4. The van der Waals surface area contributed by atoms with Crippen LogP contribution in [0.15, 0.2) is 48.8 Å². The molecule has 4 atom stereocenters. The summed E-state index contributed by atoms with van der Waals surface area (Å²) in [5.41, 5.74) is 6.93. The number of carbonyl (C=O) groups is 1. The van der Waals surface area contributed by atoms with Crippen molar-refractivity contribution in [2.75, 3.05) is 6.54 Å². The van der Waals surface area contributed by atoms with E-state index in [9.17, 15) is 15.0 Å². The van der Waals surface area contributed by atoms with Gasteiger partial charge in [0, 0.05) is 28.7 Å². The molecule has 10 nitrogen and oxygen atoms in total. The Labute approximate surface area is 205 Å². The third-order valence-electron chi connectivity index (χ3n) is 5.32. The second-order valence-electron chi connectivity index (χ2n) is 7.76. The number of primary amides is 1. The Hall–Kier alpha value is -2.73. The first kappa shape index (κ1) is 24.4. The lowest BCUT2D eigenvalue weighted by atomic mass is 10.1. The summed E-state index contributed by atoms with van der Waals surface area (Å²) in [6.07, 6.45) is -2.98. The minimum Gasteiger partial charge on any atom is -0.489 e. The van der Waals surface area contributed by atoms with Crippen LogP contribution in [0.1, 0.15) is 28.0 Å². The summed E-state index contributed by atoms with van der Waals surface area (Å²) in [7, 11) is 0. The molecular formula is C22H23Cl2N5O5. The first-order valence-electron chi connectivity index (χ1n) is 10.4. The molecule has 0 saturated carbocycles. The highest BCUT2D eigenvalue weighted by Crippen LogP contribution is 2.29. The Morgan fingerprint density at radius 1 is 1.15 bits per heavy atom. The number of amides is 1. The van der Waals surface area contributed by atoms with Gasteiger partial charge in [0.1, 0.15) is 37.0 Å². The smallest absolute Gasteiger partial charge is 0.288 e. The summed E-state index contributed by atoms with van der Waals surface area (Å²) in [6.45, 7) is 0.948. The number of halogens is 2. The molecular weight excluding hydrogens is 485 g/mol. The van der Waals surface area contributed by atoms with Crippen LogP contribution in [0, 0.1) is 0 Å². The Morgan fingerprint density at radius 3 is 2.59 bits per heavy atom. The standard InChI is InChI=1S/C22H23Cl2N5O5/c23-14-3-1-12(2-4-14)10-33-16-6-5-15(24)7-13(16)8-26-9-17-18(30)19(31)22(34-17)29-11-27-21(28-29)20(25)32/h1-7,11,17-19,22,26,30-31H,8-10H2,(H2,25,32)/t17-,18-,19-,22-/m1/s1. The number of carbonyl (C=O) groups excluding carboxylic acids is 1. The van der Waals surface area contributed by atoms with Crippen LogP contribution in [-0.2, 0) is 17.9 Å². The summed E-state index contributed by atoms with van der Waals surface area (Å²) in [4.78, 5) is 15.0. The summed E-state index contributed by atoms with van der Waals surface area (Å²) in [5, 5.41) is 29.1. The molecule has 2 heterocycles. The number of benzene rings is 2. The van der Waals surface area contributed by atoms with Gasteiger partial charge in [-0.25, -0.2) is 9.67 Å². The van der Waals surface area contributed by atoms with Gasteiger partial charge in [-0.2, -0.15) is 0 Å². The summed E-state index contributed by atoms with van der Waals surface area (Å²) < 4.78 is 12.9. The van der Waals surface area contributed by atoms with Crippen LogP contribution in [0.5, 0.6) is 5.75 Å². The number of aliphatic hydroxyl groups is 2. The van der Waals surface area contributed by atoms with E-state index in [1.54, 1.807) is 30.3 Å². The molecule has 0 bridgehead atoms. The topological polar surface area (TPSA) is 145 Å². The monoisotopic (exact) mass is 507 g/mol. The fourth-order valence-electron chi connectivity index (χ4n) is 3.54. The van der Waals surface area contributed by atoms with Crippen molar-refractivity contribution in [1.82, 2.24) is 20.1 Å². The number of aliphatic hydroxyl groups excluding tert-OH is 2. The number of nitrogens with one attached hydrogen (secondary N) is 1.